The monoisotopic (exact) mass is 451 g/mol. The molecule has 2 aromatic rings. The summed E-state index contributed by atoms with van der Waals surface area (Å²) < 4.78 is 0. The van der Waals surface area contributed by atoms with E-state index in [-0.39, 0.29) is 23.7 Å². The van der Waals surface area contributed by atoms with E-state index in [1.165, 1.54) is 0 Å². The van der Waals surface area contributed by atoms with Gasteiger partial charge in [0, 0.05) is 18.6 Å². The maximum atomic E-state index is 13.2. The van der Waals surface area contributed by atoms with E-state index in [4.69, 9.17) is 5.73 Å². The Balaban J connectivity index is 2.14. The van der Waals surface area contributed by atoms with Crippen molar-refractivity contribution in [3.05, 3.63) is 71.8 Å². The standard InChI is InChI=1S/C28H41N3O2/c1-4-5-11-24(29)20-30-28(33)27(19-23-13-16-26(32)17-14-23)31-25(18-21(2)3)15-12-22-9-7-6-8-10-22/h6-10,12-17,21,24-25,27,31-32H,4-5,11,18-20,29H2,1-3H3,(H,30,33)/b15-12+/t24-,25+,27-/m0/s1. The van der Waals surface area contributed by atoms with Crippen molar-refractivity contribution in [2.24, 2.45) is 11.7 Å². The minimum atomic E-state index is -0.405. The molecule has 0 unspecified atom stereocenters. The molecule has 5 heteroatoms. The predicted molar refractivity (Wildman–Crippen MR) is 138 cm³/mol. The molecule has 0 aromatic heterocycles. The minimum absolute atomic E-state index is 0.0346. The van der Waals surface area contributed by atoms with Gasteiger partial charge in [-0.25, -0.2) is 0 Å². The largest absolute Gasteiger partial charge is 0.508 e. The van der Waals surface area contributed by atoms with Crippen LogP contribution >= 0.6 is 0 Å². The molecule has 1 amide bonds. The first-order valence-electron chi connectivity index (χ1n) is 12.2. The van der Waals surface area contributed by atoms with Gasteiger partial charge in [0.2, 0.25) is 5.91 Å². The molecule has 0 bridgehead atoms. The van der Waals surface area contributed by atoms with Crippen LogP contribution in [0.5, 0.6) is 5.75 Å². The highest BCUT2D eigenvalue weighted by Gasteiger charge is 2.22. The van der Waals surface area contributed by atoms with Crippen LogP contribution in [-0.2, 0) is 11.2 Å². The van der Waals surface area contributed by atoms with E-state index in [0.717, 1.165) is 36.8 Å². The van der Waals surface area contributed by atoms with E-state index >= 15 is 0 Å². The summed E-state index contributed by atoms with van der Waals surface area (Å²) in [6.45, 7) is 6.99. The molecule has 0 fully saturated rings. The summed E-state index contributed by atoms with van der Waals surface area (Å²) >= 11 is 0. The summed E-state index contributed by atoms with van der Waals surface area (Å²) in [7, 11) is 0. The predicted octanol–water partition coefficient (Wildman–Crippen LogP) is 4.65. The van der Waals surface area contributed by atoms with Crippen LogP contribution < -0.4 is 16.4 Å². The third-order valence-electron chi connectivity index (χ3n) is 5.62. The van der Waals surface area contributed by atoms with Gasteiger partial charge >= 0.3 is 0 Å². The number of hydrogen-bond donors (Lipinski definition) is 4. The van der Waals surface area contributed by atoms with Crippen LogP contribution in [0.15, 0.2) is 60.7 Å². The lowest BCUT2D eigenvalue weighted by atomic mass is 9.99. The van der Waals surface area contributed by atoms with Crippen LogP contribution in [0.25, 0.3) is 6.08 Å². The SMILES string of the molecule is CCCC[C@H](N)CNC(=O)[C@H](Cc1ccc(O)cc1)N[C@H](/C=C/c1ccccc1)CC(C)C. The van der Waals surface area contributed by atoms with Crippen molar-refractivity contribution in [2.75, 3.05) is 6.54 Å². The Morgan fingerprint density at radius 1 is 1.09 bits per heavy atom. The molecule has 33 heavy (non-hydrogen) atoms. The Kier molecular flexibility index (Phi) is 11.7. The number of carbonyl (C=O) groups is 1. The van der Waals surface area contributed by atoms with Gasteiger partial charge in [0.05, 0.1) is 6.04 Å². The number of nitrogens with two attached hydrogens (primary N) is 1. The van der Waals surface area contributed by atoms with Gasteiger partial charge in [0.25, 0.3) is 0 Å². The van der Waals surface area contributed by atoms with E-state index in [1.807, 2.05) is 30.3 Å². The van der Waals surface area contributed by atoms with E-state index in [2.05, 4.69) is 55.7 Å². The number of benzene rings is 2. The van der Waals surface area contributed by atoms with Crippen molar-refractivity contribution in [1.29, 1.82) is 0 Å². The van der Waals surface area contributed by atoms with Gasteiger partial charge in [-0.15, -0.1) is 0 Å². The molecule has 0 saturated carbocycles. The Hall–Kier alpha value is -2.63. The van der Waals surface area contributed by atoms with Crippen LogP contribution in [-0.4, -0.2) is 35.7 Å². The molecule has 180 valence electrons. The zero-order chi connectivity index (χ0) is 24.1. The number of phenolic OH excluding ortho intramolecular Hbond substituents is 1. The normalized spacial score (nSPS) is 14.3. The number of amides is 1. The maximum Gasteiger partial charge on any atom is 0.237 e. The first-order chi connectivity index (χ1) is 15.9. The first kappa shape index (κ1) is 26.6. The summed E-state index contributed by atoms with van der Waals surface area (Å²) in [5.74, 6) is 0.651. The number of aromatic hydroxyl groups is 1. The molecule has 0 aliphatic carbocycles. The van der Waals surface area contributed by atoms with Gasteiger partial charge in [0.15, 0.2) is 0 Å². The average molecular weight is 452 g/mol. The molecule has 3 atom stereocenters. The molecule has 2 rings (SSSR count). The van der Waals surface area contributed by atoms with E-state index in [1.54, 1.807) is 12.1 Å². The summed E-state index contributed by atoms with van der Waals surface area (Å²) in [6.07, 6.45) is 8.77. The fourth-order valence-electron chi connectivity index (χ4n) is 3.78. The molecular weight excluding hydrogens is 410 g/mol. The molecule has 0 saturated heterocycles. The maximum absolute atomic E-state index is 13.2. The topological polar surface area (TPSA) is 87.4 Å². The van der Waals surface area contributed by atoms with Crippen LogP contribution in [0.1, 0.15) is 57.6 Å². The highest BCUT2D eigenvalue weighted by atomic mass is 16.3. The minimum Gasteiger partial charge on any atom is -0.508 e. The number of nitrogens with one attached hydrogen (secondary N) is 2. The summed E-state index contributed by atoms with van der Waals surface area (Å²) in [5.41, 5.74) is 8.31. The van der Waals surface area contributed by atoms with Gasteiger partial charge in [0.1, 0.15) is 5.75 Å². The van der Waals surface area contributed by atoms with Crippen molar-refractivity contribution < 1.29 is 9.90 Å². The molecule has 5 N–H and O–H groups in total. The highest BCUT2D eigenvalue weighted by Crippen LogP contribution is 2.14. The lowest BCUT2D eigenvalue weighted by Gasteiger charge is -2.25. The van der Waals surface area contributed by atoms with Crippen molar-refractivity contribution >= 4 is 12.0 Å². The highest BCUT2D eigenvalue weighted by molar-refractivity contribution is 5.82. The molecule has 2 aromatic carbocycles. The second-order valence-corrected chi connectivity index (χ2v) is 9.24. The second kappa shape index (κ2) is 14.5. The third-order valence-corrected chi connectivity index (χ3v) is 5.62. The molecule has 0 aliphatic rings. The fourth-order valence-corrected chi connectivity index (χ4v) is 3.78. The summed E-state index contributed by atoms with van der Waals surface area (Å²) in [5, 5.41) is 16.3. The van der Waals surface area contributed by atoms with Crippen LogP contribution in [0.2, 0.25) is 0 Å². The van der Waals surface area contributed by atoms with Crippen LogP contribution in [0.4, 0.5) is 0 Å². The van der Waals surface area contributed by atoms with Gasteiger partial charge in [-0.1, -0.05) is 88.2 Å². The smallest absolute Gasteiger partial charge is 0.237 e. The molecule has 0 spiro atoms. The number of carbonyl (C=O) groups excluding carboxylic acids is 1. The van der Waals surface area contributed by atoms with Crippen molar-refractivity contribution in [3.8, 4) is 5.75 Å². The van der Waals surface area contributed by atoms with E-state index in [0.29, 0.717) is 18.9 Å². The zero-order valence-corrected chi connectivity index (χ0v) is 20.3. The Morgan fingerprint density at radius 2 is 1.79 bits per heavy atom. The molecule has 5 nitrogen and oxygen atoms in total. The summed E-state index contributed by atoms with van der Waals surface area (Å²) in [4.78, 5) is 13.2. The second-order valence-electron chi connectivity index (χ2n) is 9.24. The fraction of sp³-hybridized carbons (Fsp3) is 0.464. The van der Waals surface area contributed by atoms with Crippen molar-refractivity contribution in [1.82, 2.24) is 10.6 Å². The quantitative estimate of drug-likeness (QED) is 0.337. The van der Waals surface area contributed by atoms with E-state index < -0.39 is 6.04 Å². The lowest BCUT2D eigenvalue weighted by Crippen LogP contribution is -2.51. The van der Waals surface area contributed by atoms with Gasteiger partial charge in [-0.3, -0.25) is 10.1 Å². The molecule has 0 heterocycles. The number of unbranched alkanes of at least 4 members (excludes halogenated alkanes) is 1. The van der Waals surface area contributed by atoms with Crippen molar-refractivity contribution in [2.45, 2.75) is 71.0 Å². The third kappa shape index (κ3) is 10.7. The Morgan fingerprint density at radius 3 is 2.42 bits per heavy atom. The number of phenols is 1. The van der Waals surface area contributed by atoms with Crippen molar-refractivity contribution in [3.63, 3.8) is 0 Å². The van der Waals surface area contributed by atoms with E-state index in [9.17, 15) is 9.90 Å². The van der Waals surface area contributed by atoms with Crippen LogP contribution in [0, 0.1) is 5.92 Å². The first-order valence-corrected chi connectivity index (χ1v) is 12.2. The van der Waals surface area contributed by atoms with Gasteiger partial charge in [-0.05, 0) is 48.4 Å². The molecule has 0 radical (unpaired) electrons. The molecule has 0 aliphatic heterocycles. The zero-order valence-electron chi connectivity index (χ0n) is 20.3. The molecular formula is C28H41N3O2. The number of rotatable bonds is 14. The van der Waals surface area contributed by atoms with Crippen LogP contribution in [0.3, 0.4) is 0 Å². The Labute approximate surface area is 199 Å². The van der Waals surface area contributed by atoms with Gasteiger partial charge in [-0.2, -0.15) is 0 Å². The summed E-state index contributed by atoms with van der Waals surface area (Å²) in [6, 6.07) is 16.8. The Bertz CT molecular complexity index is 834. The van der Waals surface area contributed by atoms with Gasteiger partial charge < -0.3 is 16.2 Å². The number of hydrogen-bond acceptors (Lipinski definition) is 4. The lowest BCUT2D eigenvalue weighted by molar-refractivity contribution is -0.123. The average Bonchev–Trinajstić information content (AvgIpc) is 2.80.